The van der Waals surface area contributed by atoms with Crippen LogP contribution < -0.4 is 0 Å². The Hall–Kier alpha value is -4.34. The minimum Gasteiger partial charge on any atom is -0.309 e. The van der Waals surface area contributed by atoms with Gasteiger partial charge in [0, 0.05) is 16.5 Å². The predicted octanol–water partition coefficient (Wildman–Crippen LogP) is 6.90. The molecule has 0 fully saturated rings. The lowest BCUT2D eigenvalue weighted by atomic mass is 9.65. The van der Waals surface area contributed by atoms with Crippen LogP contribution in [-0.2, 0) is 12.8 Å². The van der Waals surface area contributed by atoms with Crippen LogP contribution in [0.2, 0.25) is 0 Å². The molecule has 2 unspecified atom stereocenters. The van der Waals surface area contributed by atoms with Gasteiger partial charge in [-0.05, 0) is 83.7 Å². The Morgan fingerprint density at radius 3 is 2.12 bits per heavy atom. The lowest BCUT2D eigenvalue weighted by molar-refractivity contribution is 0.457. The second-order valence-corrected chi connectivity index (χ2v) is 9.57. The van der Waals surface area contributed by atoms with Crippen molar-refractivity contribution in [2.24, 2.45) is 0 Å². The van der Waals surface area contributed by atoms with Crippen molar-refractivity contribution in [2.75, 3.05) is 0 Å². The van der Waals surface area contributed by atoms with Crippen LogP contribution in [0.15, 0.2) is 78.9 Å². The molecule has 1 aromatic heterocycles. The van der Waals surface area contributed by atoms with E-state index in [1.165, 1.54) is 44.2 Å². The number of fused-ring (bicyclic) bond motifs is 9. The topological polar surface area (TPSA) is 52.5 Å². The maximum absolute atomic E-state index is 9.83. The molecular formula is C31H21N3. The van der Waals surface area contributed by atoms with Crippen molar-refractivity contribution < 1.29 is 0 Å². The van der Waals surface area contributed by atoms with Gasteiger partial charge >= 0.3 is 0 Å². The summed E-state index contributed by atoms with van der Waals surface area (Å²) in [5.41, 5.74) is 9.88. The maximum Gasteiger partial charge on any atom is 0.101 e. The van der Waals surface area contributed by atoms with Crippen LogP contribution in [0.5, 0.6) is 0 Å². The quantitative estimate of drug-likeness (QED) is 0.288. The van der Waals surface area contributed by atoms with E-state index in [4.69, 9.17) is 0 Å². The molecule has 34 heavy (non-hydrogen) atoms. The molecule has 0 N–H and O–H groups in total. The third-order valence-corrected chi connectivity index (χ3v) is 7.91. The van der Waals surface area contributed by atoms with Gasteiger partial charge in [0.25, 0.3) is 0 Å². The zero-order valence-electron chi connectivity index (χ0n) is 18.6. The molecule has 1 heterocycles. The first-order valence-electron chi connectivity index (χ1n) is 11.8. The number of benzene rings is 4. The van der Waals surface area contributed by atoms with Crippen LogP contribution in [0.3, 0.4) is 0 Å². The minimum atomic E-state index is 0.371. The molecule has 0 saturated carbocycles. The molecule has 3 heteroatoms. The predicted molar refractivity (Wildman–Crippen MR) is 134 cm³/mol. The molecule has 2 atom stereocenters. The van der Waals surface area contributed by atoms with Crippen LogP contribution in [0.1, 0.15) is 51.6 Å². The third-order valence-electron chi connectivity index (χ3n) is 7.91. The first-order valence-corrected chi connectivity index (χ1v) is 11.8. The highest BCUT2D eigenvalue weighted by Gasteiger charge is 2.35. The molecular weight excluding hydrogens is 414 g/mol. The molecule has 2 aliphatic rings. The number of nitrogens with zero attached hydrogens (tertiary/aromatic N) is 3. The second-order valence-electron chi connectivity index (χ2n) is 9.57. The van der Waals surface area contributed by atoms with E-state index in [2.05, 4.69) is 89.5 Å². The van der Waals surface area contributed by atoms with Crippen LogP contribution in [0.4, 0.5) is 0 Å². The standard InChI is InChI=1S/C31H21N3/c32-17-20-10-12-24-21-13-19-9-11-23(16-27(19)22(14-21)15-28(24)29(20)18-33)34-30-7-3-1-5-25(30)26-6-2-4-8-31(26)34/h1-12,16,21-22H,13-15H2. The van der Waals surface area contributed by atoms with Gasteiger partial charge in [0.15, 0.2) is 0 Å². The van der Waals surface area contributed by atoms with E-state index < -0.39 is 0 Å². The second kappa shape index (κ2) is 7.08. The summed E-state index contributed by atoms with van der Waals surface area (Å²) < 4.78 is 2.38. The SMILES string of the molecule is N#Cc1ccc2c(c1C#N)CC1CC2Cc2ccc(-n3c4ccccc4c4ccccc43)cc21. The van der Waals surface area contributed by atoms with E-state index in [1.807, 2.05) is 6.07 Å². The molecule has 0 aliphatic heterocycles. The van der Waals surface area contributed by atoms with E-state index in [-0.39, 0.29) is 0 Å². The zero-order chi connectivity index (χ0) is 22.8. The van der Waals surface area contributed by atoms with Gasteiger partial charge in [-0.15, -0.1) is 0 Å². The first-order chi connectivity index (χ1) is 16.8. The highest BCUT2D eigenvalue weighted by molar-refractivity contribution is 6.09. The van der Waals surface area contributed by atoms with Gasteiger partial charge in [0.2, 0.25) is 0 Å². The number of para-hydroxylation sites is 2. The highest BCUT2D eigenvalue weighted by atomic mass is 15.0. The van der Waals surface area contributed by atoms with Crippen LogP contribution in [-0.4, -0.2) is 4.57 Å². The lowest BCUT2D eigenvalue weighted by Crippen LogP contribution is -2.26. The normalized spacial score (nSPS) is 18.2. The van der Waals surface area contributed by atoms with Gasteiger partial charge in [-0.25, -0.2) is 0 Å². The Labute approximate surface area is 198 Å². The smallest absolute Gasteiger partial charge is 0.101 e. The fourth-order valence-corrected chi connectivity index (χ4v) is 6.47. The molecule has 4 aromatic carbocycles. The summed E-state index contributed by atoms with van der Waals surface area (Å²) >= 11 is 0. The van der Waals surface area contributed by atoms with Crippen molar-refractivity contribution in [1.82, 2.24) is 4.57 Å². The van der Waals surface area contributed by atoms with Crippen molar-refractivity contribution in [3.05, 3.63) is 112 Å². The summed E-state index contributed by atoms with van der Waals surface area (Å²) in [6, 6.07) is 32.6. The van der Waals surface area contributed by atoms with E-state index in [0.29, 0.717) is 23.0 Å². The van der Waals surface area contributed by atoms with Gasteiger partial charge in [-0.3, -0.25) is 0 Å². The summed E-state index contributed by atoms with van der Waals surface area (Å²) in [5.74, 6) is 0.788. The molecule has 0 amide bonds. The van der Waals surface area contributed by atoms with Gasteiger partial charge in [0.05, 0.1) is 22.2 Å². The Morgan fingerprint density at radius 2 is 1.41 bits per heavy atom. The fraction of sp³-hybridized carbons (Fsp3) is 0.161. The Balaban J connectivity index is 1.40. The number of rotatable bonds is 1. The Kier molecular flexibility index (Phi) is 3.99. The average Bonchev–Trinajstić information content (AvgIpc) is 3.22. The summed E-state index contributed by atoms with van der Waals surface area (Å²) in [6.07, 6.45) is 2.92. The average molecular weight is 436 g/mol. The van der Waals surface area contributed by atoms with Gasteiger partial charge in [-0.1, -0.05) is 48.5 Å². The molecule has 0 spiro atoms. The number of hydrogen-bond acceptors (Lipinski definition) is 2. The van der Waals surface area contributed by atoms with Crippen molar-refractivity contribution in [2.45, 2.75) is 31.1 Å². The fourth-order valence-electron chi connectivity index (χ4n) is 6.47. The van der Waals surface area contributed by atoms with Crippen molar-refractivity contribution >= 4 is 21.8 Å². The summed E-state index contributed by atoms with van der Waals surface area (Å²) in [7, 11) is 0. The van der Waals surface area contributed by atoms with E-state index in [0.717, 1.165) is 24.8 Å². The van der Waals surface area contributed by atoms with Crippen LogP contribution >= 0.6 is 0 Å². The molecule has 0 saturated heterocycles. The van der Waals surface area contributed by atoms with E-state index >= 15 is 0 Å². The lowest BCUT2D eigenvalue weighted by Gasteiger charge is -2.38. The van der Waals surface area contributed by atoms with Crippen molar-refractivity contribution in [3.63, 3.8) is 0 Å². The summed E-state index contributed by atoms with van der Waals surface area (Å²) in [4.78, 5) is 0. The number of aromatic nitrogens is 1. The van der Waals surface area contributed by atoms with Gasteiger partial charge < -0.3 is 4.57 Å². The maximum atomic E-state index is 9.83. The number of nitriles is 2. The summed E-state index contributed by atoms with van der Waals surface area (Å²) in [6.45, 7) is 0. The van der Waals surface area contributed by atoms with Crippen LogP contribution in [0, 0.1) is 22.7 Å². The van der Waals surface area contributed by atoms with Crippen molar-refractivity contribution in [3.8, 4) is 17.8 Å². The minimum absolute atomic E-state index is 0.371. The molecule has 7 rings (SSSR count). The largest absolute Gasteiger partial charge is 0.309 e. The number of hydrogen-bond donors (Lipinski definition) is 0. The van der Waals surface area contributed by atoms with Crippen LogP contribution in [0.25, 0.3) is 27.5 Å². The molecule has 160 valence electrons. The molecule has 0 radical (unpaired) electrons. The molecule has 3 nitrogen and oxygen atoms in total. The Bertz CT molecular complexity index is 1670. The molecule has 5 aromatic rings. The highest BCUT2D eigenvalue weighted by Crippen LogP contribution is 2.48. The molecule has 2 aliphatic carbocycles. The summed E-state index contributed by atoms with van der Waals surface area (Å²) in [5, 5.41) is 21.9. The van der Waals surface area contributed by atoms with Crippen molar-refractivity contribution in [1.29, 1.82) is 10.5 Å². The first kappa shape index (κ1) is 19.2. The van der Waals surface area contributed by atoms with Gasteiger partial charge in [0.1, 0.15) is 12.1 Å². The van der Waals surface area contributed by atoms with E-state index in [1.54, 1.807) is 0 Å². The van der Waals surface area contributed by atoms with E-state index in [9.17, 15) is 10.5 Å². The van der Waals surface area contributed by atoms with Gasteiger partial charge in [-0.2, -0.15) is 10.5 Å². The third kappa shape index (κ3) is 2.56. The monoisotopic (exact) mass is 435 g/mol. The molecule has 2 bridgehead atoms. The Morgan fingerprint density at radius 1 is 0.706 bits per heavy atom. The zero-order valence-corrected chi connectivity index (χ0v) is 18.6.